The number of pyridine rings is 1. The highest BCUT2D eigenvalue weighted by Crippen LogP contribution is 2.29. The van der Waals surface area contributed by atoms with Gasteiger partial charge >= 0.3 is 0 Å². The molecule has 0 amide bonds. The van der Waals surface area contributed by atoms with Gasteiger partial charge in [-0.05, 0) is 30.3 Å². The van der Waals surface area contributed by atoms with E-state index in [-0.39, 0.29) is 0 Å². The van der Waals surface area contributed by atoms with Crippen LogP contribution in [0.3, 0.4) is 0 Å². The lowest BCUT2D eigenvalue weighted by Gasteiger charge is -2.15. The van der Waals surface area contributed by atoms with Crippen LogP contribution in [-0.4, -0.2) is 12.1 Å². The average Bonchev–Trinajstić information content (AvgIpc) is 2.39. The van der Waals surface area contributed by atoms with Crippen LogP contribution < -0.4 is 10.5 Å². The van der Waals surface area contributed by atoms with E-state index in [2.05, 4.69) is 4.98 Å². The summed E-state index contributed by atoms with van der Waals surface area (Å²) in [5, 5.41) is 0.559. The van der Waals surface area contributed by atoms with Crippen molar-refractivity contribution in [1.82, 2.24) is 4.98 Å². The lowest BCUT2D eigenvalue weighted by Crippen LogP contribution is -2.14. The van der Waals surface area contributed by atoms with Crippen LogP contribution in [-0.2, 0) is 0 Å². The van der Waals surface area contributed by atoms with Crippen LogP contribution in [0.2, 0.25) is 5.02 Å². The first-order valence-electron chi connectivity index (χ1n) is 5.32. The summed E-state index contributed by atoms with van der Waals surface area (Å²) in [5.41, 5.74) is 7.35. The SMILES string of the molecule is COc1ccc(Cl)cc1C(N)c1ccc(F)cn1. The Kier molecular flexibility index (Phi) is 3.79. The summed E-state index contributed by atoms with van der Waals surface area (Å²) in [6.45, 7) is 0. The fourth-order valence-corrected chi connectivity index (χ4v) is 1.86. The Morgan fingerprint density at radius 3 is 2.72 bits per heavy atom. The van der Waals surface area contributed by atoms with Crippen molar-refractivity contribution in [2.24, 2.45) is 5.73 Å². The van der Waals surface area contributed by atoms with Gasteiger partial charge in [-0.1, -0.05) is 11.6 Å². The van der Waals surface area contributed by atoms with E-state index in [0.717, 1.165) is 6.20 Å². The molecule has 94 valence electrons. The Bertz CT molecular complexity index is 545. The topological polar surface area (TPSA) is 48.1 Å². The zero-order valence-electron chi connectivity index (χ0n) is 9.73. The van der Waals surface area contributed by atoms with E-state index in [1.165, 1.54) is 6.07 Å². The zero-order chi connectivity index (χ0) is 13.1. The van der Waals surface area contributed by atoms with Gasteiger partial charge in [0, 0.05) is 10.6 Å². The first-order valence-corrected chi connectivity index (χ1v) is 5.70. The molecule has 1 atom stereocenters. The summed E-state index contributed by atoms with van der Waals surface area (Å²) >= 11 is 5.94. The maximum Gasteiger partial charge on any atom is 0.141 e. The van der Waals surface area contributed by atoms with E-state index in [0.29, 0.717) is 22.0 Å². The van der Waals surface area contributed by atoms with Crippen LogP contribution in [0.15, 0.2) is 36.5 Å². The molecule has 0 spiro atoms. The zero-order valence-corrected chi connectivity index (χ0v) is 10.5. The fraction of sp³-hybridized carbons (Fsp3) is 0.154. The first kappa shape index (κ1) is 12.8. The van der Waals surface area contributed by atoms with Gasteiger partial charge in [0.1, 0.15) is 11.6 Å². The van der Waals surface area contributed by atoms with E-state index in [4.69, 9.17) is 22.1 Å². The van der Waals surface area contributed by atoms with E-state index >= 15 is 0 Å². The normalized spacial score (nSPS) is 12.2. The minimum Gasteiger partial charge on any atom is -0.496 e. The van der Waals surface area contributed by atoms with Crippen LogP contribution in [0, 0.1) is 5.82 Å². The lowest BCUT2D eigenvalue weighted by atomic mass is 10.0. The highest BCUT2D eigenvalue weighted by molar-refractivity contribution is 6.30. The van der Waals surface area contributed by atoms with Crippen LogP contribution in [0.4, 0.5) is 4.39 Å². The molecule has 1 unspecified atom stereocenters. The second-order valence-electron chi connectivity index (χ2n) is 3.77. The van der Waals surface area contributed by atoms with Crippen LogP contribution >= 0.6 is 11.6 Å². The van der Waals surface area contributed by atoms with Gasteiger partial charge in [-0.2, -0.15) is 0 Å². The molecule has 0 saturated carbocycles. The Balaban J connectivity index is 2.41. The number of methoxy groups -OCH3 is 1. The Morgan fingerprint density at radius 1 is 1.33 bits per heavy atom. The maximum atomic E-state index is 12.8. The van der Waals surface area contributed by atoms with Crippen LogP contribution in [0.5, 0.6) is 5.75 Å². The predicted molar refractivity (Wildman–Crippen MR) is 68.2 cm³/mol. The monoisotopic (exact) mass is 266 g/mol. The summed E-state index contributed by atoms with van der Waals surface area (Å²) in [6, 6.07) is 7.52. The van der Waals surface area contributed by atoms with Gasteiger partial charge in [-0.3, -0.25) is 4.98 Å². The average molecular weight is 267 g/mol. The smallest absolute Gasteiger partial charge is 0.141 e. The van der Waals surface area contributed by atoms with Crippen molar-refractivity contribution < 1.29 is 9.13 Å². The quantitative estimate of drug-likeness (QED) is 0.929. The molecule has 0 aliphatic rings. The van der Waals surface area contributed by atoms with Crippen molar-refractivity contribution in [1.29, 1.82) is 0 Å². The second-order valence-corrected chi connectivity index (χ2v) is 4.20. The molecule has 2 N–H and O–H groups in total. The third-order valence-corrected chi connectivity index (χ3v) is 2.83. The molecule has 1 heterocycles. The van der Waals surface area contributed by atoms with Crippen molar-refractivity contribution in [2.75, 3.05) is 7.11 Å². The van der Waals surface area contributed by atoms with Crippen LogP contribution in [0.25, 0.3) is 0 Å². The number of hydrogen-bond acceptors (Lipinski definition) is 3. The molecule has 0 saturated heterocycles. The van der Waals surface area contributed by atoms with E-state index in [9.17, 15) is 4.39 Å². The number of halogens is 2. The van der Waals surface area contributed by atoms with Gasteiger partial charge in [0.2, 0.25) is 0 Å². The van der Waals surface area contributed by atoms with Gasteiger partial charge in [-0.25, -0.2) is 4.39 Å². The standard InChI is InChI=1S/C13H12ClFN2O/c1-18-12-5-2-8(14)6-10(12)13(16)11-4-3-9(15)7-17-11/h2-7,13H,16H2,1H3. The van der Waals surface area contributed by atoms with Gasteiger partial charge in [0.05, 0.1) is 25.0 Å². The molecule has 0 bridgehead atoms. The Labute approximate surface area is 109 Å². The van der Waals surface area contributed by atoms with Crippen molar-refractivity contribution in [3.63, 3.8) is 0 Å². The Hall–Kier alpha value is -1.65. The van der Waals surface area contributed by atoms with Crippen LogP contribution in [0.1, 0.15) is 17.3 Å². The molecular weight excluding hydrogens is 255 g/mol. The Morgan fingerprint density at radius 2 is 2.11 bits per heavy atom. The van der Waals surface area contributed by atoms with E-state index < -0.39 is 11.9 Å². The second kappa shape index (κ2) is 5.33. The largest absolute Gasteiger partial charge is 0.496 e. The molecular formula is C13H12ClFN2O. The van der Waals surface area contributed by atoms with Crippen molar-refractivity contribution in [3.8, 4) is 5.75 Å². The minimum atomic E-state index is -0.515. The summed E-state index contributed by atoms with van der Waals surface area (Å²) in [5.74, 6) is 0.224. The molecule has 0 aliphatic heterocycles. The number of rotatable bonds is 3. The molecule has 2 aromatic rings. The summed E-state index contributed by atoms with van der Waals surface area (Å²) in [4.78, 5) is 3.96. The number of aromatic nitrogens is 1. The van der Waals surface area contributed by atoms with Crippen molar-refractivity contribution >= 4 is 11.6 Å². The van der Waals surface area contributed by atoms with Crippen molar-refractivity contribution in [2.45, 2.75) is 6.04 Å². The highest BCUT2D eigenvalue weighted by Gasteiger charge is 2.15. The third kappa shape index (κ3) is 2.60. The number of hydrogen-bond donors (Lipinski definition) is 1. The molecule has 0 fully saturated rings. The summed E-state index contributed by atoms with van der Waals surface area (Å²) < 4.78 is 18.0. The van der Waals surface area contributed by atoms with Gasteiger partial charge < -0.3 is 10.5 Å². The van der Waals surface area contributed by atoms with Gasteiger partial charge in [0.15, 0.2) is 0 Å². The molecule has 1 aromatic heterocycles. The molecule has 1 aromatic carbocycles. The number of nitrogens with zero attached hydrogens (tertiary/aromatic N) is 1. The van der Waals surface area contributed by atoms with Gasteiger partial charge in [0.25, 0.3) is 0 Å². The number of ether oxygens (including phenoxy) is 1. The number of nitrogens with two attached hydrogens (primary N) is 1. The number of benzene rings is 1. The van der Waals surface area contributed by atoms with E-state index in [1.54, 1.807) is 31.4 Å². The summed E-state index contributed by atoms with van der Waals surface area (Å²) in [6.07, 6.45) is 1.13. The first-order chi connectivity index (χ1) is 8.61. The lowest BCUT2D eigenvalue weighted by molar-refractivity contribution is 0.407. The molecule has 0 aliphatic carbocycles. The maximum absolute atomic E-state index is 12.8. The highest BCUT2D eigenvalue weighted by atomic mass is 35.5. The summed E-state index contributed by atoms with van der Waals surface area (Å²) in [7, 11) is 1.55. The molecule has 2 rings (SSSR count). The molecule has 5 heteroatoms. The molecule has 0 radical (unpaired) electrons. The minimum absolute atomic E-state index is 0.399. The van der Waals surface area contributed by atoms with E-state index in [1.807, 2.05) is 0 Å². The van der Waals surface area contributed by atoms with Gasteiger partial charge in [-0.15, -0.1) is 0 Å². The molecule has 18 heavy (non-hydrogen) atoms. The fourth-order valence-electron chi connectivity index (χ4n) is 1.68. The molecule has 3 nitrogen and oxygen atoms in total. The predicted octanol–water partition coefficient (Wildman–Crippen LogP) is 2.93. The third-order valence-electron chi connectivity index (χ3n) is 2.60. The van der Waals surface area contributed by atoms with Crippen molar-refractivity contribution in [3.05, 3.63) is 58.6 Å².